The molecule has 1 fully saturated rings. The molecule has 0 aromatic carbocycles. The van der Waals surface area contributed by atoms with Crippen LogP contribution in [-0.2, 0) is 12.8 Å². The van der Waals surface area contributed by atoms with Gasteiger partial charge in [-0.15, -0.1) is 11.3 Å². The highest BCUT2D eigenvalue weighted by Gasteiger charge is 2.17. The molecule has 2 rings (SSSR count). The number of thiazole rings is 1. The summed E-state index contributed by atoms with van der Waals surface area (Å²) in [4.78, 5) is 4.66. The van der Waals surface area contributed by atoms with Crippen molar-refractivity contribution in [3.8, 4) is 0 Å². The number of hydrogen-bond acceptors (Lipinski definition) is 4. The molecule has 2 nitrogen and oxygen atoms in total. The Bertz CT molecular complexity index is 293. The summed E-state index contributed by atoms with van der Waals surface area (Å²) in [5.74, 6) is 1.34. The molecule has 0 bridgehead atoms. The summed E-state index contributed by atoms with van der Waals surface area (Å²) < 4.78 is 0. The number of aryl methyl sites for hydroxylation is 1. The number of hydrogen-bond donors (Lipinski definition) is 1. The fraction of sp³-hybridized carbons (Fsp3) is 0.727. The molecule has 1 aromatic heterocycles. The van der Waals surface area contributed by atoms with E-state index < -0.39 is 0 Å². The highest BCUT2D eigenvalue weighted by Crippen LogP contribution is 2.29. The Morgan fingerprint density at radius 2 is 2.47 bits per heavy atom. The Morgan fingerprint density at radius 1 is 1.53 bits per heavy atom. The summed E-state index contributed by atoms with van der Waals surface area (Å²) in [5.41, 5.74) is 6.73. The SMILES string of the molecule is NCCCc1csc(CC2CCCS2)n1. The molecule has 2 heterocycles. The molecule has 1 saturated heterocycles. The minimum Gasteiger partial charge on any atom is -0.330 e. The zero-order valence-electron chi connectivity index (χ0n) is 8.95. The van der Waals surface area contributed by atoms with Gasteiger partial charge in [-0.2, -0.15) is 11.8 Å². The first-order valence-electron chi connectivity index (χ1n) is 5.63. The van der Waals surface area contributed by atoms with E-state index in [9.17, 15) is 0 Å². The van der Waals surface area contributed by atoms with Crippen LogP contribution in [0.5, 0.6) is 0 Å². The van der Waals surface area contributed by atoms with E-state index in [1.807, 2.05) is 11.3 Å². The largest absolute Gasteiger partial charge is 0.330 e. The monoisotopic (exact) mass is 242 g/mol. The predicted octanol–water partition coefficient (Wildman–Crippen LogP) is 2.47. The van der Waals surface area contributed by atoms with Crippen molar-refractivity contribution in [2.24, 2.45) is 5.73 Å². The first kappa shape index (κ1) is 11.4. The molecule has 0 aliphatic carbocycles. The van der Waals surface area contributed by atoms with Crippen molar-refractivity contribution in [2.75, 3.05) is 12.3 Å². The van der Waals surface area contributed by atoms with E-state index in [0.29, 0.717) is 0 Å². The van der Waals surface area contributed by atoms with Gasteiger partial charge < -0.3 is 5.73 Å². The molecule has 2 N–H and O–H groups in total. The second kappa shape index (κ2) is 5.87. The molecule has 0 amide bonds. The molecule has 84 valence electrons. The first-order chi connectivity index (χ1) is 7.38. The second-order valence-corrected chi connectivity index (χ2v) is 6.31. The van der Waals surface area contributed by atoms with Gasteiger partial charge in [-0.3, -0.25) is 0 Å². The van der Waals surface area contributed by atoms with Crippen molar-refractivity contribution in [2.45, 2.75) is 37.4 Å². The van der Waals surface area contributed by atoms with Crippen molar-refractivity contribution in [3.05, 3.63) is 16.1 Å². The molecule has 1 atom stereocenters. The first-order valence-corrected chi connectivity index (χ1v) is 7.56. The van der Waals surface area contributed by atoms with Crippen LogP contribution in [0.4, 0.5) is 0 Å². The number of thioether (sulfide) groups is 1. The van der Waals surface area contributed by atoms with Gasteiger partial charge in [0.25, 0.3) is 0 Å². The molecule has 1 aliphatic rings. The molecular weight excluding hydrogens is 224 g/mol. The number of aromatic nitrogens is 1. The highest BCUT2D eigenvalue weighted by molar-refractivity contribution is 8.00. The van der Waals surface area contributed by atoms with E-state index in [0.717, 1.165) is 24.6 Å². The van der Waals surface area contributed by atoms with Crippen LogP contribution in [0.15, 0.2) is 5.38 Å². The summed E-state index contributed by atoms with van der Waals surface area (Å²) in [7, 11) is 0. The van der Waals surface area contributed by atoms with Gasteiger partial charge in [0.15, 0.2) is 0 Å². The van der Waals surface area contributed by atoms with Gasteiger partial charge in [-0.25, -0.2) is 4.98 Å². The van der Waals surface area contributed by atoms with Crippen LogP contribution < -0.4 is 5.73 Å². The molecule has 15 heavy (non-hydrogen) atoms. The minimum absolute atomic E-state index is 0.769. The topological polar surface area (TPSA) is 38.9 Å². The molecule has 0 saturated carbocycles. The highest BCUT2D eigenvalue weighted by atomic mass is 32.2. The molecule has 4 heteroatoms. The van der Waals surface area contributed by atoms with Crippen LogP contribution in [0.3, 0.4) is 0 Å². The third-order valence-electron chi connectivity index (χ3n) is 2.66. The van der Waals surface area contributed by atoms with Gasteiger partial charge in [0.1, 0.15) is 0 Å². The lowest BCUT2D eigenvalue weighted by atomic mass is 10.2. The van der Waals surface area contributed by atoms with Crippen LogP contribution >= 0.6 is 23.1 Å². The Kier molecular flexibility index (Phi) is 4.47. The average Bonchev–Trinajstić information content (AvgIpc) is 2.87. The smallest absolute Gasteiger partial charge is 0.0939 e. The second-order valence-electron chi connectivity index (χ2n) is 3.96. The lowest BCUT2D eigenvalue weighted by molar-refractivity contribution is 0.764. The van der Waals surface area contributed by atoms with Crippen LogP contribution in [0.25, 0.3) is 0 Å². The Morgan fingerprint density at radius 3 is 3.20 bits per heavy atom. The minimum atomic E-state index is 0.769. The fourth-order valence-electron chi connectivity index (χ4n) is 1.84. The summed E-state index contributed by atoms with van der Waals surface area (Å²) in [6.07, 6.45) is 6.05. The van der Waals surface area contributed by atoms with Crippen molar-refractivity contribution in [3.63, 3.8) is 0 Å². The number of nitrogens with two attached hydrogens (primary N) is 1. The van der Waals surface area contributed by atoms with E-state index in [2.05, 4.69) is 22.1 Å². The van der Waals surface area contributed by atoms with Gasteiger partial charge in [-0.1, -0.05) is 0 Å². The predicted molar refractivity (Wildman–Crippen MR) is 68.7 cm³/mol. The lowest BCUT2D eigenvalue weighted by Crippen LogP contribution is -2.02. The normalized spacial score (nSPS) is 21.0. The maximum Gasteiger partial charge on any atom is 0.0939 e. The lowest BCUT2D eigenvalue weighted by Gasteiger charge is -2.03. The van der Waals surface area contributed by atoms with E-state index in [-0.39, 0.29) is 0 Å². The van der Waals surface area contributed by atoms with E-state index in [4.69, 9.17) is 5.73 Å². The maximum atomic E-state index is 5.49. The zero-order chi connectivity index (χ0) is 10.5. The van der Waals surface area contributed by atoms with E-state index in [1.165, 1.54) is 35.7 Å². The third-order valence-corrected chi connectivity index (χ3v) is 4.98. The van der Waals surface area contributed by atoms with Crippen molar-refractivity contribution in [1.29, 1.82) is 0 Å². The van der Waals surface area contributed by atoms with Crippen molar-refractivity contribution >= 4 is 23.1 Å². The van der Waals surface area contributed by atoms with Crippen LogP contribution in [0.1, 0.15) is 30.0 Å². The molecule has 1 aromatic rings. The fourth-order valence-corrected chi connectivity index (χ4v) is 4.13. The number of nitrogens with zero attached hydrogens (tertiary/aromatic N) is 1. The average molecular weight is 242 g/mol. The molecule has 0 spiro atoms. The number of rotatable bonds is 5. The zero-order valence-corrected chi connectivity index (χ0v) is 10.6. The summed E-state index contributed by atoms with van der Waals surface area (Å²) in [6, 6.07) is 0. The Balaban J connectivity index is 1.83. The Labute approximate surface area is 99.7 Å². The maximum absolute atomic E-state index is 5.49. The Hall–Kier alpha value is -0.0600. The molecular formula is C11H18N2S2. The van der Waals surface area contributed by atoms with Crippen LogP contribution in [0, 0.1) is 0 Å². The summed E-state index contributed by atoms with van der Waals surface area (Å²) in [5, 5.41) is 4.35. The van der Waals surface area contributed by atoms with Crippen molar-refractivity contribution < 1.29 is 0 Å². The molecule has 1 unspecified atom stereocenters. The van der Waals surface area contributed by atoms with Gasteiger partial charge in [0, 0.05) is 17.1 Å². The summed E-state index contributed by atoms with van der Waals surface area (Å²) in [6.45, 7) is 0.769. The van der Waals surface area contributed by atoms with E-state index >= 15 is 0 Å². The van der Waals surface area contributed by atoms with Gasteiger partial charge in [0.05, 0.1) is 10.7 Å². The van der Waals surface area contributed by atoms with Crippen LogP contribution in [0.2, 0.25) is 0 Å². The third kappa shape index (κ3) is 3.47. The van der Waals surface area contributed by atoms with Gasteiger partial charge in [-0.05, 0) is 38.0 Å². The standard InChI is InChI=1S/C11H18N2S2/c12-5-1-3-9-8-15-11(13-9)7-10-4-2-6-14-10/h8,10H,1-7,12H2. The van der Waals surface area contributed by atoms with Gasteiger partial charge >= 0.3 is 0 Å². The van der Waals surface area contributed by atoms with E-state index in [1.54, 1.807) is 0 Å². The van der Waals surface area contributed by atoms with Gasteiger partial charge in [0.2, 0.25) is 0 Å². The quantitative estimate of drug-likeness (QED) is 0.862. The molecule has 1 aliphatic heterocycles. The van der Waals surface area contributed by atoms with Crippen molar-refractivity contribution in [1.82, 2.24) is 4.98 Å². The molecule has 0 radical (unpaired) electrons. The van der Waals surface area contributed by atoms with Crippen LogP contribution in [-0.4, -0.2) is 22.5 Å². The summed E-state index contributed by atoms with van der Waals surface area (Å²) >= 11 is 3.93.